The molecule has 0 saturated carbocycles. The minimum absolute atomic E-state index is 1.01. The van der Waals surface area contributed by atoms with Gasteiger partial charge < -0.3 is 10.2 Å². The molecule has 0 aromatic rings. The molecule has 0 amide bonds. The van der Waals surface area contributed by atoms with Crippen LogP contribution in [-0.4, -0.2) is 24.5 Å². The highest BCUT2D eigenvalue weighted by atomic mass is 15.1. The van der Waals surface area contributed by atoms with Crippen LogP contribution in [0.5, 0.6) is 0 Å². The van der Waals surface area contributed by atoms with Gasteiger partial charge in [0.1, 0.15) is 0 Å². The van der Waals surface area contributed by atoms with E-state index in [1.54, 1.807) is 0 Å². The Balaban J connectivity index is 2.16. The van der Waals surface area contributed by atoms with E-state index >= 15 is 0 Å². The second-order valence-corrected chi connectivity index (χ2v) is 3.05. The van der Waals surface area contributed by atoms with Crippen LogP contribution in [0.2, 0.25) is 0 Å². The fourth-order valence-corrected chi connectivity index (χ4v) is 1.60. The van der Waals surface area contributed by atoms with Crippen LogP contribution in [0.15, 0.2) is 24.0 Å². The van der Waals surface area contributed by atoms with Gasteiger partial charge in [0.25, 0.3) is 0 Å². The zero-order chi connectivity index (χ0) is 7.52. The standard InChI is InChI=1S/C9H14N2/c1-2-6-11-7-3-5-10-8-9(11)4-1/h3-4,7,10H,1-2,5-6,8H2. The predicted molar refractivity (Wildman–Crippen MR) is 46.0 cm³/mol. The zero-order valence-corrected chi connectivity index (χ0v) is 6.71. The fourth-order valence-electron chi connectivity index (χ4n) is 1.60. The maximum Gasteiger partial charge on any atom is 0.0358 e. The van der Waals surface area contributed by atoms with Crippen molar-refractivity contribution < 1.29 is 0 Å². The van der Waals surface area contributed by atoms with Gasteiger partial charge >= 0.3 is 0 Å². The van der Waals surface area contributed by atoms with Crippen molar-refractivity contribution in [2.75, 3.05) is 19.6 Å². The van der Waals surface area contributed by atoms with Crippen molar-refractivity contribution in [3.05, 3.63) is 24.0 Å². The molecule has 11 heavy (non-hydrogen) atoms. The molecule has 60 valence electrons. The maximum atomic E-state index is 3.35. The van der Waals surface area contributed by atoms with Gasteiger partial charge in [-0.25, -0.2) is 0 Å². The van der Waals surface area contributed by atoms with Gasteiger partial charge in [-0.05, 0) is 12.8 Å². The van der Waals surface area contributed by atoms with Gasteiger partial charge in [-0.2, -0.15) is 0 Å². The summed E-state index contributed by atoms with van der Waals surface area (Å²) in [6.45, 7) is 3.24. The summed E-state index contributed by atoms with van der Waals surface area (Å²) in [7, 11) is 0. The fraction of sp³-hybridized carbons (Fsp3) is 0.556. The molecule has 2 heteroatoms. The van der Waals surface area contributed by atoms with Gasteiger partial charge in [-0.15, -0.1) is 0 Å². The van der Waals surface area contributed by atoms with E-state index < -0.39 is 0 Å². The molecule has 0 aromatic heterocycles. The molecule has 0 atom stereocenters. The lowest BCUT2D eigenvalue weighted by molar-refractivity contribution is 0.421. The lowest BCUT2D eigenvalue weighted by Crippen LogP contribution is -2.26. The summed E-state index contributed by atoms with van der Waals surface area (Å²) in [6, 6.07) is 0. The molecule has 2 aliphatic heterocycles. The average Bonchev–Trinajstić information content (AvgIpc) is 2.28. The van der Waals surface area contributed by atoms with Crippen molar-refractivity contribution >= 4 is 0 Å². The lowest BCUT2D eigenvalue weighted by Gasteiger charge is -2.25. The number of hydrogen-bond donors (Lipinski definition) is 1. The van der Waals surface area contributed by atoms with E-state index in [1.165, 1.54) is 25.1 Å². The Morgan fingerprint density at radius 3 is 3.45 bits per heavy atom. The molecule has 0 aromatic carbocycles. The monoisotopic (exact) mass is 150 g/mol. The molecule has 2 heterocycles. The third kappa shape index (κ3) is 1.46. The van der Waals surface area contributed by atoms with Gasteiger partial charge in [0.2, 0.25) is 0 Å². The molecular formula is C9H14N2. The third-order valence-electron chi connectivity index (χ3n) is 2.21. The first-order valence-electron chi connectivity index (χ1n) is 4.30. The molecule has 1 N–H and O–H groups in total. The van der Waals surface area contributed by atoms with Crippen LogP contribution >= 0.6 is 0 Å². The smallest absolute Gasteiger partial charge is 0.0358 e. The van der Waals surface area contributed by atoms with Crippen LogP contribution in [0.25, 0.3) is 0 Å². The molecule has 0 radical (unpaired) electrons. The highest BCUT2D eigenvalue weighted by molar-refractivity contribution is 5.12. The summed E-state index contributed by atoms with van der Waals surface area (Å²) in [5.74, 6) is 0. The molecule has 0 fully saturated rings. The Morgan fingerprint density at radius 2 is 2.45 bits per heavy atom. The van der Waals surface area contributed by atoms with E-state index in [2.05, 4.69) is 28.6 Å². The van der Waals surface area contributed by atoms with E-state index in [0.717, 1.165) is 13.1 Å². The van der Waals surface area contributed by atoms with Gasteiger partial charge in [0.05, 0.1) is 0 Å². The maximum absolute atomic E-state index is 3.35. The topological polar surface area (TPSA) is 15.3 Å². The molecular weight excluding hydrogens is 136 g/mol. The van der Waals surface area contributed by atoms with Crippen molar-refractivity contribution in [2.24, 2.45) is 0 Å². The SMILES string of the molecule is C1=CN2CCCC=C2CNC1. The number of nitrogens with zero attached hydrogens (tertiary/aromatic N) is 1. The molecule has 2 nitrogen and oxygen atoms in total. The average molecular weight is 150 g/mol. The van der Waals surface area contributed by atoms with Crippen molar-refractivity contribution in [2.45, 2.75) is 12.8 Å². The van der Waals surface area contributed by atoms with Crippen LogP contribution in [0.1, 0.15) is 12.8 Å². The van der Waals surface area contributed by atoms with Crippen LogP contribution in [-0.2, 0) is 0 Å². The van der Waals surface area contributed by atoms with Crippen molar-refractivity contribution in [1.82, 2.24) is 10.2 Å². The Morgan fingerprint density at radius 1 is 1.45 bits per heavy atom. The number of hydrogen-bond acceptors (Lipinski definition) is 2. The summed E-state index contributed by atoms with van der Waals surface area (Å²) in [4.78, 5) is 2.35. The van der Waals surface area contributed by atoms with Gasteiger partial charge in [-0.3, -0.25) is 0 Å². The number of fused-ring (bicyclic) bond motifs is 1. The summed E-state index contributed by atoms with van der Waals surface area (Å²) in [5.41, 5.74) is 1.45. The van der Waals surface area contributed by atoms with E-state index in [0.29, 0.717) is 0 Å². The second-order valence-electron chi connectivity index (χ2n) is 3.05. The van der Waals surface area contributed by atoms with Crippen molar-refractivity contribution in [3.63, 3.8) is 0 Å². The first-order chi connectivity index (χ1) is 5.47. The summed E-state index contributed by atoms with van der Waals surface area (Å²) < 4.78 is 0. The molecule has 0 bridgehead atoms. The highest BCUT2D eigenvalue weighted by Crippen LogP contribution is 2.15. The number of allylic oxidation sites excluding steroid dienone is 1. The predicted octanol–water partition coefficient (Wildman–Crippen LogP) is 1.08. The molecule has 0 spiro atoms. The van der Waals surface area contributed by atoms with Crippen LogP contribution in [0.3, 0.4) is 0 Å². The van der Waals surface area contributed by atoms with E-state index in [9.17, 15) is 0 Å². The molecule has 2 aliphatic rings. The Kier molecular flexibility index (Phi) is 1.95. The second kappa shape index (κ2) is 3.09. The summed E-state index contributed by atoms with van der Waals surface area (Å²) >= 11 is 0. The van der Waals surface area contributed by atoms with Gasteiger partial charge in [-0.1, -0.05) is 12.2 Å². The van der Waals surface area contributed by atoms with Gasteiger partial charge in [0, 0.05) is 31.5 Å². The summed E-state index contributed by atoms with van der Waals surface area (Å²) in [5, 5.41) is 3.35. The largest absolute Gasteiger partial charge is 0.351 e. The molecule has 0 unspecified atom stereocenters. The minimum atomic E-state index is 1.01. The molecule has 0 saturated heterocycles. The third-order valence-corrected chi connectivity index (χ3v) is 2.21. The van der Waals surface area contributed by atoms with Crippen LogP contribution in [0.4, 0.5) is 0 Å². The van der Waals surface area contributed by atoms with Crippen LogP contribution in [0, 0.1) is 0 Å². The van der Waals surface area contributed by atoms with Gasteiger partial charge in [0.15, 0.2) is 0 Å². The number of rotatable bonds is 0. The Hall–Kier alpha value is -0.760. The highest BCUT2D eigenvalue weighted by Gasteiger charge is 2.11. The quantitative estimate of drug-likeness (QED) is 0.556. The first-order valence-corrected chi connectivity index (χ1v) is 4.30. The minimum Gasteiger partial charge on any atom is -0.351 e. The van der Waals surface area contributed by atoms with Crippen LogP contribution < -0.4 is 5.32 Å². The van der Waals surface area contributed by atoms with Crippen molar-refractivity contribution in [3.8, 4) is 0 Å². The first kappa shape index (κ1) is 6.92. The zero-order valence-electron chi connectivity index (χ0n) is 6.71. The lowest BCUT2D eigenvalue weighted by atomic mass is 10.1. The normalized spacial score (nSPS) is 24.0. The molecule has 0 aliphatic carbocycles. The van der Waals surface area contributed by atoms with Crippen molar-refractivity contribution in [1.29, 1.82) is 0 Å². The van der Waals surface area contributed by atoms with E-state index in [1.807, 2.05) is 0 Å². The molecule has 2 rings (SSSR count). The number of nitrogens with one attached hydrogen (secondary N) is 1. The van der Waals surface area contributed by atoms with E-state index in [-0.39, 0.29) is 0 Å². The van der Waals surface area contributed by atoms with E-state index in [4.69, 9.17) is 0 Å². The Labute approximate surface area is 67.6 Å². The Bertz CT molecular complexity index is 194. The summed E-state index contributed by atoms with van der Waals surface area (Å²) in [6.07, 6.45) is 9.28.